The molecule has 8 heteroatoms. The van der Waals surface area contributed by atoms with Gasteiger partial charge in [0.05, 0.1) is 12.6 Å². The van der Waals surface area contributed by atoms with E-state index in [0.717, 1.165) is 32.8 Å². The van der Waals surface area contributed by atoms with E-state index in [2.05, 4.69) is 29.6 Å². The van der Waals surface area contributed by atoms with Crippen molar-refractivity contribution in [3.05, 3.63) is 108 Å². The van der Waals surface area contributed by atoms with Crippen LogP contribution in [-0.2, 0) is 32.0 Å². The van der Waals surface area contributed by atoms with E-state index in [-0.39, 0.29) is 13.0 Å². The van der Waals surface area contributed by atoms with Crippen LogP contribution in [0, 0.1) is 0 Å². The molecule has 0 aliphatic rings. The number of ether oxygens (including phenoxy) is 3. The number of nitrogens with one attached hydrogen (secondary N) is 1. The smallest absolute Gasteiger partial charge is 0.419 e. The molecule has 0 radical (unpaired) electrons. The fourth-order valence-electron chi connectivity index (χ4n) is 5.03. The van der Waals surface area contributed by atoms with E-state index in [0.29, 0.717) is 11.1 Å². The molecule has 5 rings (SSSR count). The van der Waals surface area contributed by atoms with Crippen molar-refractivity contribution in [3.63, 3.8) is 0 Å². The molecule has 4 aromatic carbocycles. The standard InChI is InChI=1S/C35H34N2O6/c1-35(2,3)43-34(40)37-21-26(20-30(32(38)41-4)36-33(39)42-22-23-11-6-5-7-12-23)29-19-25(17-18-31(29)37)28-16-10-14-24-13-8-9-15-27(24)28/h5-19,21,30H,20,22H2,1-4H3,(H,36,39)/t30-/m1/s1. The number of carbonyl (C=O) groups excluding carboxylic acids is 3. The van der Waals surface area contributed by atoms with Crippen LogP contribution in [0.1, 0.15) is 31.9 Å². The Balaban J connectivity index is 1.52. The Hall–Kier alpha value is -5.11. The van der Waals surface area contributed by atoms with E-state index < -0.39 is 29.8 Å². The summed E-state index contributed by atoms with van der Waals surface area (Å²) in [4.78, 5) is 38.8. The molecule has 0 spiro atoms. The first kappa shape index (κ1) is 29.4. The van der Waals surface area contributed by atoms with Crippen LogP contribution < -0.4 is 5.32 Å². The van der Waals surface area contributed by atoms with Gasteiger partial charge in [-0.3, -0.25) is 4.57 Å². The zero-order chi connectivity index (χ0) is 30.6. The molecule has 0 saturated heterocycles. The Morgan fingerprint density at radius 2 is 1.58 bits per heavy atom. The normalized spacial score (nSPS) is 12.1. The van der Waals surface area contributed by atoms with Gasteiger partial charge < -0.3 is 19.5 Å². The number of carbonyl (C=O) groups is 3. The summed E-state index contributed by atoms with van der Waals surface area (Å²) in [5.41, 5.74) is 3.34. The number of esters is 1. The van der Waals surface area contributed by atoms with Crippen molar-refractivity contribution in [1.29, 1.82) is 0 Å². The third-order valence-electron chi connectivity index (χ3n) is 6.99. The molecular weight excluding hydrogens is 544 g/mol. The Kier molecular flexibility index (Phi) is 8.48. The highest BCUT2D eigenvalue weighted by Crippen LogP contribution is 2.33. The van der Waals surface area contributed by atoms with E-state index in [1.54, 1.807) is 27.0 Å². The molecule has 0 bridgehead atoms. The first-order chi connectivity index (χ1) is 20.6. The summed E-state index contributed by atoms with van der Waals surface area (Å²) in [7, 11) is 1.26. The number of methoxy groups -OCH3 is 1. The van der Waals surface area contributed by atoms with Gasteiger partial charge in [-0.25, -0.2) is 14.4 Å². The largest absolute Gasteiger partial charge is 0.467 e. The van der Waals surface area contributed by atoms with Gasteiger partial charge in [-0.05, 0) is 65.9 Å². The summed E-state index contributed by atoms with van der Waals surface area (Å²) in [6.45, 7) is 5.45. The third-order valence-corrected chi connectivity index (χ3v) is 6.99. The van der Waals surface area contributed by atoms with Crippen molar-refractivity contribution in [2.75, 3.05) is 7.11 Å². The number of rotatable bonds is 7. The lowest BCUT2D eigenvalue weighted by Crippen LogP contribution is -2.43. The lowest BCUT2D eigenvalue weighted by Gasteiger charge is -2.19. The van der Waals surface area contributed by atoms with E-state index >= 15 is 0 Å². The van der Waals surface area contributed by atoms with Crippen molar-refractivity contribution in [3.8, 4) is 11.1 Å². The van der Waals surface area contributed by atoms with Gasteiger partial charge in [0, 0.05) is 18.0 Å². The third kappa shape index (κ3) is 6.86. The first-order valence-corrected chi connectivity index (χ1v) is 14.0. The predicted octanol–water partition coefficient (Wildman–Crippen LogP) is 7.26. The minimum Gasteiger partial charge on any atom is -0.467 e. The lowest BCUT2D eigenvalue weighted by molar-refractivity contribution is -0.143. The summed E-state index contributed by atoms with van der Waals surface area (Å²) in [5, 5.41) is 5.58. The molecule has 1 heterocycles. The predicted molar refractivity (Wildman–Crippen MR) is 166 cm³/mol. The van der Waals surface area contributed by atoms with Crippen LogP contribution in [0.25, 0.3) is 32.8 Å². The van der Waals surface area contributed by atoms with Crippen LogP contribution in [0.15, 0.2) is 97.2 Å². The molecule has 0 saturated carbocycles. The first-order valence-electron chi connectivity index (χ1n) is 14.0. The molecule has 1 amide bonds. The molecule has 1 aromatic heterocycles. The van der Waals surface area contributed by atoms with E-state index in [1.807, 2.05) is 66.7 Å². The average Bonchev–Trinajstić information content (AvgIpc) is 3.36. The van der Waals surface area contributed by atoms with Gasteiger partial charge in [0.25, 0.3) is 0 Å². The topological polar surface area (TPSA) is 95.9 Å². The van der Waals surface area contributed by atoms with Gasteiger partial charge in [-0.2, -0.15) is 0 Å². The highest BCUT2D eigenvalue weighted by atomic mass is 16.6. The number of aromatic nitrogens is 1. The maximum absolute atomic E-state index is 13.3. The van der Waals surface area contributed by atoms with Crippen LogP contribution in [0.3, 0.4) is 0 Å². The SMILES string of the molecule is COC(=O)[C@@H](Cc1cn(C(=O)OC(C)(C)C)c2ccc(-c3cccc4ccccc34)cc12)NC(=O)OCc1ccccc1. The zero-order valence-corrected chi connectivity index (χ0v) is 24.6. The van der Waals surface area contributed by atoms with Crippen molar-refractivity contribution >= 4 is 39.8 Å². The molecule has 0 fully saturated rings. The van der Waals surface area contributed by atoms with Crippen LogP contribution in [0.5, 0.6) is 0 Å². The number of benzene rings is 4. The molecule has 43 heavy (non-hydrogen) atoms. The average molecular weight is 579 g/mol. The van der Waals surface area contributed by atoms with E-state index in [4.69, 9.17) is 14.2 Å². The van der Waals surface area contributed by atoms with Crippen LogP contribution >= 0.6 is 0 Å². The fraction of sp³-hybridized carbons (Fsp3) is 0.229. The number of hydrogen-bond acceptors (Lipinski definition) is 6. The Morgan fingerprint density at radius 3 is 2.33 bits per heavy atom. The van der Waals surface area contributed by atoms with Gasteiger partial charge in [-0.15, -0.1) is 0 Å². The number of fused-ring (bicyclic) bond motifs is 2. The summed E-state index contributed by atoms with van der Waals surface area (Å²) in [5.74, 6) is -0.639. The molecule has 8 nitrogen and oxygen atoms in total. The summed E-state index contributed by atoms with van der Waals surface area (Å²) in [6.07, 6.45) is 0.398. The lowest BCUT2D eigenvalue weighted by atomic mass is 9.96. The second-order valence-corrected chi connectivity index (χ2v) is 11.2. The molecule has 5 aromatic rings. The van der Waals surface area contributed by atoms with Crippen LogP contribution in [-0.4, -0.2) is 41.5 Å². The monoisotopic (exact) mass is 578 g/mol. The van der Waals surface area contributed by atoms with Gasteiger partial charge in [0.1, 0.15) is 18.2 Å². The minimum atomic E-state index is -1.06. The zero-order valence-electron chi connectivity index (χ0n) is 24.6. The van der Waals surface area contributed by atoms with Crippen molar-refractivity contribution in [2.45, 2.75) is 45.4 Å². The van der Waals surface area contributed by atoms with Crippen LogP contribution in [0.2, 0.25) is 0 Å². The van der Waals surface area contributed by atoms with E-state index in [9.17, 15) is 14.4 Å². The Labute approximate surface area is 250 Å². The number of amides is 1. The second kappa shape index (κ2) is 12.4. The molecule has 220 valence electrons. The summed E-state index contributed by atoms with van der Waals surface area (Å²) >= 11 is 0. The highest BCUT2D eigenvalue weighted by molar-refractivity contribution is 6.00. The number of nitrogens with zero attached hydrogens (tertiary/aromatic N) is 1. The van der Waals surface area contributed by atoms with Gasteiger partial charge in [-0.1, -0.05) is 78.9 Å². The van der Waals surface area contributed by atoms with Crippen molar-refractivity contribution in [1.82, 2.24) is 9.88 Å². The molecule has 0 aliphatic heterocycles. The summed E-state index contributed by atoms with van der Waals surface area (Å²) in [6, 6.07) is 28.3. The Bertz CT molecular complexity index is 1780. The summed E-state index contributed by atoms with van der Waals surface area (Å²) < 4.78 is 17.5. The van der Waals surface area contributed by atoms with Gasteiger partial charge >= 0.3 is 18.2 Å². The molecular formula is C35H34N2O6. The van der Waals surface area contributed by atoms with Gasteiger partial charge in [0.2, 0.25) is 0 Å². The minimum absolute atomic E-state index is 0.0485. The van der Waals surface area contributed by atoms with Crippen molar-refractivity contribution < 1.29 is 28.6 Å². The molecule has 1 N–H and O–H groups in total. The quantitative estimate of drug-likeness (QED) is 0.161. The maximum Gasteiger partial charge on any atom is 0.419 e. The Morgan fingerprint density at radius 1 is 0.860 bits per heavy atom. The van der Waals surface area contributed by atoms with E-state index in [1.165, 1.54) is 11.7 Å². The molecule has 0 aliphatic carbocycles. The van der Waals surface area contributed by atoms with Crippen LogP contribution in [0.4, 0.5) is 9.59 Å². The fourth-order valence-corrected chi connectivity index (χ4v) is 5.03. The molecule has 0 unspecified atom stereocenters. The number of alkyl carbamates (subject to hydrolysis) is 1. The maximum atomic E-state index is 13.3. The highest BCUT2D eigenvalue weighted by Gasteiger charge is 2.27. The molecule has 1 atom stereocenters. The number of hydrogen-bond donors (Lipinski definition) is 1. The second-order valence-electron chi connectivity index (χ2n) is 11.2. The van der Waals surface area contributed by atoms with Crippen molar-refractivity contribution in [2.24, 2.45) is 0 Å². The van der Waals surface area contributed by atoms with Gasteiger partial charge in [0.15, 0.2) is 0 Å².